The van der Waals surface area contributed by atoms with Crippen LogP contribution in [0.5, 0.6) is 0 Å². The van der Waals surface area contributed by atoms with E-state index < -0.39 is 6.04 Å². The summed E-state index contributed by atoms with van der Waals surface area (Å²) >= 11 is 6.40. The molecule has 106 valence electrons. The summed E-state index contributed by atoms with van der Waals surface area (Å²) in [6, 6.07) is -0.481. The van der Waals surface area contributed by atoms with E-state index >= 15 is 0 Å². The summed E-state index contributed by atoms with van der Waals surface area (Å²) in [5, 5.41) is 5.43. The van der Waals surface area contributed by atoms with Crippen molar-refractivity contribution in [2.45, 2.75) is 46.2 Å². The van der Waals surface area contributed by atoms with Crippen LogP contribution in [0.4, 0.5) is 0 Å². The molecule has 0 aliphatic carbocycles. The predicted molar refractivity (Wildman–Crippen MR) is 78.8 cm³/mol. The predicted octanol–water partition coefficient (Wildman–Crippen LogP) is 1.69. The number of nitrogens with one attached hydrogen (secondary N) is 3. The lowest BCUT2D eigenvalue weighted by atomic mass is 10.2. The Kier molecular flexibility index (Phi) is 5.68. The molecule has 5 nitrogen and oxygen atoms in total. The van der Waals surface area contributed by atoms with Crippen LogP contribution in [0, 0.1) is 10.9 Å². The minimum atomic E-state index is -0.540. The molecule has 1 rings (SSSR count). The van der Waals surface area contributed by atoms with Gasteiger partial charge in [0.15, 0.2) is 3.95 Å². The molecule has 1 aromatic rings. The van der Waals surface area contributed by atoms with Gasteiger partial charge in [-0.05, 0) is 39.9 Å². The molecule has 1 atom stereocenters. The lowest BCUT2D eigenvalue weighted by Gasteiger charge is -2.15. The summed E-state index contributed by atoms with van der Waals surface area (Å²) in [5.41, 5.74) is 0.907. The first kappa shape index (κ1) is 15.8. The van der Waals surface area contributed by atoms with Crippen LogP contribution in [-0.4, -0.2) is 28.9 Å². The maximum Gasteiger partial charge on any atom is 0.242 e. The Morgan fingerprint density at radius 3 is 2.42 bits per heavy atom. The summed E-state index contributed by atoms with van der Waals surface area (Å²) in [6.45, 7) is 7.30. The van der Waals surface area contributed by atoms with Crippen LogP contribution in [0.2, 0.25) is 0 Å². The number of hydrogen-bond donors (Lipinski definition) is 3. The fourth-order valence-corrected chi connectivity index (χ4v) is 2.81. The molecule has 1 heterocycles. The van der Waals surface area contributed by atoms with Gasteiger partial charge < -0.3 is 15.6 Å². The van der Waals surface area contributed by atoms with Gasteiger partial charge in [0.1, 0.15) is 6.04 Å². The number of rotatable bonds is 5. The second-order valence-corrected chi connectivity index (χ2v) is 6.46. The smallest absolute Gasteiger partial charge is 0.242 e. The van der Waals surface area contributed by atoms with Crippen molar-refractivity contribution in [3.63, 3.8) is 0 Å². The number of carbonyl (C=O) groups excluding carboxylic acids is 2. The van der Waals surface area contributed by atoms with Crippen molar-refractivity contribution in [1.29, 1.82) is 0 Å². The third-order valence-electron chi connectivity index (χ3n) is 2.45. The molecule has 0 radical (unpaired) electrons. The third-order valence-corrected chi connectivity index (χ3v) is 3.78. The van der Waals surface area contributed by atoms with Crippen LogP contribution in [0.3, 0.4) is 0 Å². The molecular formula is C12H19N3O2S2. The lowest BCUT2D eigenvalue weighted by molar-refractivity contribution is -0.128. The van der Waals surface area contributed by atoms with Crippen LogP contribution < -0.4 is 10.6 Å². The van der Waals surface area contributed by atoms with Gasteiger partial charge in [0, 0.05) is 16.6 Å². The number of aromatic amines is 1. The molecule has 2 amide bonds. The van der Waals surface area contributed by atoms with Gasteiger partial charge in [0.2, 0.25) is 11.8 Å². The Bertz CT molecular complexity index is 519. The first-order valence-electron chi connectivity index (χ1n) is 6.08. The van der Waals surface area contributed by atoms with Crippen LogP contribution >= 0.6 is 23.6 Å². The van der Waals surface area contributed by atoms with E-state index in [2.05, 4.69) is 15.6 Å². The number of thiazole rings is 1. The average molecular weight is 301 g/mol. The molecule has 0 saturated heterocycles. The minimum Gasteiger partial charge on any atom is -0.352 e. The maximum absolute atomic E-state index is 11.8. The second-order valence-electron chi connectivity index (χ2n) is 4.69. The van der Waals surface area contributed by atoms with E-state index in [1.165, 1.54) is 11.3 Å². The zero-order valence-corrected chi connectivity index (χ0v) is 13.1. The van der Waals surface area contributed by atoms with Gasteiger partial charge in [-0.1, -0.05) is 0 Å². The Morgan fingerprint density at radius 2 is 1.95 bits per heavy atom. The van der Waals surface area contributed by atoms with Crippen LogP contribution in [0.1, 0.15) is 31.3 Å². The molecule has 0 bridgehead atoms. The van der Waals surface area contributed by atoms with Crippen molar-refractivity contribution in [2.24, 2.45) is 0 Å². The summed E-state index contributed by atoms with van der Waals surface area (Å²) in [7, 11) is 0. The summed E-state index contributed by atoms with van der Waals surface area (Å²) in [4.78, 5) is 27.4. The van der Waals surface area contributed by atoms with Crippen molar-refractivity contribution >= 4 is 35.4 Å². The molecule has 0 aromatic carbocycles. The molecule has 0 fully saturated rings. The fourth-order valence-electron chi connectivity index (χ4n) is 1.52. The Labute approximate surface area is 121 Å². The number of carbonyl (C=O) groups is 2. The average Bonchev–Trinajstić information content (AvgIpc) is 2.55. The lowest BCUT2D eigenvalue weighted by Crippen LogP contribution is -2.47. The van der Waals surface area contributed by atoms with Gasteiger partial charge in [-0.3, -0.25) is 9.59 Å². The normalized spacial score (nSPS) is 12.3. The zero-order chi connectivity index (χ0) is 14.6. The van der Waals surface area contributed by atoms with Crippen molar-refractivity contribution < 1.29 is 9.59 Å². The van der Waals surface area contributed by atoms with E-state index in [-0.39, 0.29) is 24.3 Å². The van der Waals surface area contributed by atoms with E-state index in [1.807, 2.05) is 20.8 Å². The quantitative estimate of drug-likeness (QED) is 0.725. The number of amides is 2. The van der Waals surface area contributed by atoms with E-state index in [4.69, 9.17) is 12.2 Å². The standard InChI is InChI=1S/C12H19N3O2S2/c1-6(2)13-11(17)8(4)14-10(16)5-9-7(3)15-12(18)19-9/h6,8H,5H2,1-4H3,(H,13,17)(H,14,16)(H,15,18). The zero-order valence-electron chi connectivity index (χ0n) is 11.5. The molecule has 0 aliphatic rings. The molecule has 1 unspecified atom stereocenters. The Balaban J connectivity index is 2.53. The first-order chi connectivity index (χ1) is 8.79. The molecule has 0 saturated carbocycles. The van der Waals surface area contributed by atoms with Gasteiger partial charge in [-0.2, -0.15) is 0 Å². The van der Waals surface area contributed by atoms with E-state index in [0.29, 0.717) is 3.95 Å². The molecular weight excluding hydrogens is 282 g/mol. The highest BCUT2D eigenvalue weighted by molar-refractivity contribution is 7.73. The monoisotopic (exact) mass is 301 g/mol. The molecule has 0 spiro atoms. The van der Waals surface area contributed by atoms with E-state index in [9.17, 15) is 9.59 Å². The number of H-pyrrole nitrogens is 1. The molecule has 3 N–H and O–H groups in total. The SMILES string of the molecule is Cc1[nH]c(=S)sc1CC(=O)NC(C)C(=O)NC(C)C. The molecule has 1 aromatic heterocycles. The first-order valence-corrected chi connectivity index (χ1v) is 7.30. The highest BCUT2D eigenvalue weighted by Gasteiger charge is 2.17. The molecule has 0 aliphatic heterocycles. The van der Waals surface area contributed by atoms with Gasteiger partial charge >= 0.3 is 0 Å². The van der Waals surface area contributed by atoms with Crippen LogP contribution in [0.25, 0.3) is 0 Å². The fraction of sp³-hybridized carbons (Fsp3) is 0.583. The topological polar surface area (TPSA) is 74.0 Å². The largest absolute Gasteiger partial charge is 0.352 e. The van der Waals surface area contributed by atoms with E-state index in [0.717, 1.165) is 10.6 Å². The third kappa shape index (κ3) is 5.12. The minimum absolute atomic E-state index is 0.0590. The van der Waals surface area contributed by atoms with Crippen molar-refractivity contribution in [1.82, 2.24) is 15.6 Å². The van der Waals surface area contributed by atoms with Crippen LogP contribution in [-0.2, 0) is 16.0 Å². The number of aromatic nitrogens is 1. The van der Waals surface area contributed by atoms with E-state index in [1.54, 1.807) is 6.92 Å². The van der Waals surface area contributed by atoms with Crippen LogP contribution in [0.15, 0.2) is 0 Å². The Morgan fingerprint density at radius 1 is 1.32 bits per heavy atom. The summed E-state index contributed by atoms with van der Waals surface area (Å²) in [6.07, 6.45) is 0.239. The van der Waals surface area contributed by atoms with Gasteiger partial charge in [0.05, 0.1) is 6.42 Å². The highest BCUT2D eigenvalue weighted by Crippen LogP contribution is 2.14. The number of aryl methyl sites for hydroxylation is 1. The maximum atomic E-state index is 11.8. The second kappa shape index (κ2) is 6.81. The summed E-state index contributed by atoms with van der Waals surface area (Å²) < 4.78 is 0.658. The summed E-state index contributed by atoms with van der Waals surface area (Å²) in [5.74, 6) is -0.360. The van der Waals surface area contributed by atoms with Gasteiger partial charge in [-0.25, -0.2) is 0 Å². The number of hydrogen-bond acceptors (Lipinski definition) is 4. The Hall–Kier alpha value is -1.21. The van der Waals surface area contributed by atoms with Crippen molar-refractivity contribution in [3.05, 3.63) is 14.5 Å². The molecule has 7 heteroatoms. The highest BCUT2D eigenvalue weighted by atomic mass is 32.1. The van der Waals surface area contributed by atoms with Crippen molar-refractivity contribution in [3.8, 4) is 0 Å². The van der Waals surface area contributed by atoms with Gasteiger partial charge in [-0.15, -0.1) is 11.3 Å². The van der Waals surface area contributed by atoms with Gasteiger partial charge in [0.25, 0.3) is 0 Å². The van der Waals surface area contributed by atoms with Crippen molar-refractivity contribution in [2.75, 3.05) is 0 Å². The molecule has 19 heavy (non-hydrogen) atoms.